The molecule has 0 spiro atoms. The number of halogens is 3. The van der Waals surface area contributed by atoms with Gasteiger partial charge in [0.05, 0.1) is 27.4 Å². The number of likely N-dealkylation sites (tertiary alicyclic amines) is 1. The number of alkyl halides is 3. The normalized spacial score (nSPS) is 14.1. The van der Waals surface area contributed by atoms with Crippen molar-refractivity contribution < 1.29 is 31.2 Å². The van der Waals surface area contributed by atoms with Crippen LogP contribution in [0.25, 0.3) is 0 Å². The molecule has 1 heterocycles. The quantitative estimate of drug-likeness (QED) is 0.416. The summed E-state index contributed by atoms with van der Waals surface area (Å²) in [4.78, 5) is 27.8. The SMILES string of the molecule is Cc1ccc(S(=O)(=O)N(CC(=O)Nc2ccccc2C(=O)N2CCCCC2)c2cccc(C(F)(F)F)c2)cc1. The third-order valence-electron chi connectivity index (χ3n) is 6.43. The van der Waals surface area contributed by atoms with Gasteiger partial charge in [-0.05, 0) is 68.7 Å². The van der Waals surface area contributed by atoms with Gasteiger partial charge in [0.15, 0.2) is 0 Å². The lowest BCUT2D eigenvalue weighted by molar-refractivity contribution is -0.137. The first-order valence-corrected chi connectivity index (χ1v) is 13.9. The molecule has 11 heteroatoms. The van der Waals surface area contributed by atoms with Gasteiger partial charge in [0, 0.05) is 13.1 Å². The summed E-state index contributed by atoms with van der Waals surface area (Å²) in [5.41, 5.74) is -0.151. The van der Waals surface area contributed by atoms with E-state index >= 15 is 0 Å². The summed E-state index contributed by atoms with van der Waals surface area (Å²) in [7, 11) is -4.43. The Bertz CT molecular complexity index is 1450. The molecule has 7 nitrogen and oxygen atoms in total. The molecule has 0 bridgehead atoms. The van der Waals surface area contributed by atoms with Gasteiger partial charge in [-0.2, -0.15) is 13.2 Å². The summed E-state index contributed by atoms with van der Waals surface area (Å²) in [6, 6.07) is 15.9. The van der Waals surface area contributed by atoms with E-state index in [2.05, 4.69) is 5.32 Å². The van der Waals surface area contributed by atoms with Gasteiger partial charge in [0.1, 0.15) is 6.54 Å². The highest BCUT2D eigenvalue weighted by molar-refractivity contribution is 7.92. The van der Waals surface area contributed by atoms with E-state index < -0.39 is 34.2 Å². The molecule has 1 fully saturated rings. The zero-order valence-corrected chi connectivity index (χ0v) is 22.1. The van der Waals surface area contributed by atoms with Gasteiger partial charge < -0.3 is 10.2 Å². The van der Waals surface area contributed by atoms with Crippen molar-refractivity contribution in [3.63, 3.8) is 0 Å². The number of carbonyl (C=O) groups is 2. The molecule has 0 atom stereocenters. The van der Waals surface area contributed by atoms with Crippen LogP contribution in [-0.4, -0.2) is 44.8 Å². The van der Waals surface area contributed by atoms with Gasteiger partial charge >= 0.3 is 6.18 Å². The monoisotopic (exact) mass is 559 g/mol. The molecule has 0 saturated carbocycles. The number of benzene rings is 3. The summed E-state index contributed by atoms with van der Waals surface area (Å²) in [5, 5.41) is 2.59. The standard InChI is InChI=1S/C28H28F3N3O4S/c1-20-12-14-23(15-13-20)39(37,38)34(22-9-7-8-21(18-22)28(29,30)31)19-26(35)32-25-11-4-3-10-24(25)27(36)33-16-5-2-6-17-33/h3-4,7-15,18H,2,5-6,16-17,19H2,1H3,(H,32,35). The van der Waals surface area contributed by atoms with E-state index in [1.807, 2.05) is 0 Å². The lowest BCUT2D eigenvalue weighted by atomic mass is 10.1. The number of hydrogen-bond acceptors (Lipinski definition) is 4. The van der Waals surface area contributed by atoms with Crippen molar-refractivity contribution in [2.75, 3.05) is 29.3 Å². The lowest BCUT2D eigenvalue weighted by Crippen LogP contribution is -2.39. The molecule has 206 valence electrons. The third kappa shape index (κ3) is 6.59. The number of anilines is 2. The van der Waals surface area contributed by atoms with E-state index in [1.54, 1.807) is 42.2 Å². The largest absolute Gasteiger partial charge is 0.416 e. The smallest absolute Gasteiger partial charge is 0.339 e. The molecule has 39 heavy (non-hydrogen) atoms. The van der Waals surface area contributed by atoms with E-state index in [1.165, 1.54) is 24.3 Å². The highest BCUT2D eigenvalue weighted by Gasteiger charge is 2.33. The molecule has 1 N–H and O–H groups in total. The second kappa shape index (κ2) is 11.5. The van der Waals surface area contributed by atoms with Crippen LogP contribution < -0.4 is 9.62 Å². The highest BCUT2D eigenvalue weighted by Crippen LogP contribution is 2.33. The number of nitrogens with one attached hydrogen (secondary N) is 1. The minimum absolute atomic E-state index is 0.181. The molecule has 0 aliphatic carbocycles. The maximum Gasteiger partial charge on any atom is 0.416 e. The number of carbonyl (C=O) groups excluding carboxylic acids is 2. The first-order chi connectivity index (χ1) is 18.5. The molecule has 3 aromatic rings. The van der Waals surface area contributed by atoms with Crippen LogP contribution in [-0.2, 0) is 21.0 Å². The fraction of sp³-hybridized carbons (Fsp3) is 0.286. The Morgan fingerprint density at radius 3 is 2.26 bits per heavy atom. The van der Waals surface area contributed by atoms with Crippen molar-refractivity contribution in [2.45, 2.75) is 37.3 Å². The van der Waals surface area contributed by atoms with Crippen molar-refractivity contribution in [1.29, 1.82) is 0 Å². The van der Waals surface area contributed by atoms with Gasteiger partial charge in [-0.3, -0.25) is 13.9 Å². The summed E-state index contributed by atoms with van der Waals surface area (Å²) in [6.45, 7) is 2.14. The van der Waals surface area contributed by atoms with Crippen molar-refractivity contribution in [1.82, 2.24) is 4.90 Å². The molecule has 0 unspecified atom stereocenters. The zero-order valence-electron chi connectivity index (χ0n) is 21.2. The van der Waals surface area contributed by atoms with Crippen molar-refractivity contribution in [3.05, 3.63) is 89.5 Å². The molecule has 1 aliphatic rings. The maximum atomic E-state index is 13.6. The second-order valence-electron chi connectivity index (χ2n) is 9.32. The highest BCUT2D eigenvalue weighted by atomic mass is 32.2. The molecular weight excluding hydrogens is 531 g/mol. The Labute approximate surface area is 225 Å². The van der Waals surface area contributed by atoms with Gasteiger partial charge in [-0.1, -0.05) is 35.9 Å². The molecular formula is C28H28F3N3O4S. The van der Waals surface area contributed by atoms with Crippen LogP contribution in [0, 0.1) is 6.92 Å². The predicted molar refractivity (Wildman–Crippen MR) is 142 cm³/mol. The minimum atomic E-state index is -4.72. The van der Waals surface area contributed by atoms with Gasteiger partial charge in [0.25, 0.3) is 15.9 Å². The zero-order chi connectivity index (χ0) is 28.2. The topological polar surface area (TPSA) is 86.8 Å². The van der Waals surface area contributed by atoms with Crippen LogP contribution in [0.4, 0.5) is 24.5 Å². The Morgan fingerprint density at radius 1 is 0.923 bits per heavy atom. The number of rotatable bonds is 7. The number of aryl methyl sites for hydroxylation is 1. The van der Waals surface area contributed by atoms with Crippen molar-refractivity contribution >= 4 is 33.2 Å². The molecule has 4 rings (SSSR count). The van der Waals surface area contributed by atoms with E-state index in [9.17, 15) is 31.2 Å². The van der Waals surface area contributed by atoms with Crippen LogP contribution in [0.1, 0.15) is 40.7 Å². The Kier molecular flexibility index (Phi) is 8.29. The fourth-order valence-electron chi connectivity index (χ4n) is 4.36. The number of piperidine rings is 1. The summed E-state index contributed by atoms with van der Waals surface area (Å²) >= 11 is 0. The van der Waals surface area contributed by atoms with Crippen molar-refractivity contribution in [2.24, 2.45) is 0 Å². The van der Waals surface area contributed by atoms with Crippen LogP contribution in [0.15, 0.2) is 77.7 Å². The van der Waals surface area contributed by atoms with Crippen LogP contribution in [0.3, 0.4) is 0 Å². The molecule has 1 saturated heterocycles. The van der Waals surface area contributed by atoms with E-state index in [-0.39, 0.29) is 27.7 Å². The van der Waals surface area contributed by atoms with E-state index in [4.69, 9.17) is 0 Å². The summed E-state index contributed by atoms with van der Waals surface area (Å²) < 4.78 is 68.1. The maximum absolute atomic E-state index is 13.6. The van der Waals surface area contributed by atoms with E-state index in [0.29, 0.717) is 23.5 Å². The predicted octanol–water partition coefficient (Wildman–Crippen LogP) is 5.47. The molecule has 1 aliphatic heterocycles. The first-order valence-electron chi connectivity index (χ1n) is 12.4. The molecule has 2 amide bonds. The minimum Gasteiger partial charge on any atom is -0.339 e. The van der Waals surface area contributed by atoms with Crippen LogP contribution in [0.5, 0.6) is 0 Å². The van der Waals surface area contributed by atoms with Crippen molar-refractivity contribution in [3.8, 4) is 0 Å². The summed E-state index contributed by atoms with van der Waals surface area (Å²) in [6.07, 6.45) is -1.93. The molecule has 0 radical (unpaired) electrons. The number of sulfonamides is 1. The average Bonchev–Trinajstić information content (AvgIpc) is 2.92. The second-order valence-corrected chi connectivity index (χ2v) is 11.2. The van der Waals surface area contributed by atoms with Gasteiger partial charge in [0.2, 0.25) is 5.91 Å². The number of amides is 2. The van der Waals surface area contributed by atoms with Gasteiger partial charge in [-0.25, -0.2) is 8.42 Å². The van der Waals surface area contributed by atoms with E-state index in [0.717, 1.165) is 37.0 Å². The van der Waals surface area contributed by atoms with Gasteiger partial charge in [-0.15, -0.1) is 0 Å². The van der Waals surface area contributed by atoms with Crippen LogP contribution >= 0.6 is 0 Å². The third-order valence-corrected chi connectivity index (χ3v) is 8.22. The first kappa shape index (κ1) is 28.2. The average molecular weight is 560 g/mol. The molecule has 3 aromatic carbocycles. The Balaban J connectivity index is 1.66. The Hall–Kier alpha value is -3.86. The number of nitrogens with zero attached hydrogens (tertiary/aromatic N) is 2. The lowest BCUT2D eigenvalue weighted by Gasteiger charge is -2.28. The summed E-state index contributed by atoms with van der Waals surface area (Å²) in [5.74, 6) is -1.07. The molecule has 0 aromatic heterocycles. The Morgan fingerprint density at radius 2 is 1.59 bits per heavy atom. The number of hydrogen-bond donors (Lipinski definition) is 1. The fourth-order valence-corrected chi connectivity index (χ4v) is 5.77. The number of para-hydroxylation sites is 1. The van der Waals surface area contributed by atoms with Crippen LogP contribution in [0.2, 0.25) is 0 Å².